The minimum Gasteiger partial charge on any atom is -0.431 e. The number of aromatic nitrogens is 1. The molecule has 0 saturated carbocycles. The second kappa shape index (κ2) is 7.70. The molecule has 3 aromatic rings. The standard InChI is InChI=1S/C18H17N3O2S/c1-2-14(13-8-4-3-5-9-13)20-21-17(22)12-24-18-19-15-10-6-7-11-16(15)23-18/h2-11,20H,12H2,1H3,(H,21,22). The van der Waals surface area contributed by atoms with E-state index in [2.05, 4.69) is 15.8 Å². The quantitative estimate of drug-likeness (QED) is 0.530. The molecule has 1 aromatic heterocycles. The van der Waals surface area contributed by atoms with Crippen molar-refractivity contribution in [3.8, 4) is 0 Å². The molecule has 0 spiro atoms. The van der Waals surface area contributed by atoms with Crippen LogP contribution in [0.5, 0.6) is 0 Å². The number of hydrogen-bond acceptors (Lipinski definition) is 5. The van der Waals surface area contributed by atoms with E-state index in [4.69, 9.17) is 4.42 Å². The Bertz CT molecular complexity index is 826. The summed E-state index contributed by atoms with van der Waals surface area (Å²) >= 11 is 1.26. The number of rotatable bonds is 6. The Labute approximate surface area is 144 Å². The van der Waals surface area contributed by atoms with Crippen LogP contribution in [0.3, 0.4) is 0 Å². The van der Waals surface area contributed by atoms with Gasteiger partial charge in [0.25, 0.3) is 5.22 Å². The van der Waals surface area contributed by atoms with Crippen LogP contribution in [0.4, 0.5) is 0 Å². The van der Waals surface area contributed by atoms with Crippen LogP contribution in [-0.2, 0) is 4.79 Å². The number of nitrogens with one attached hydrogen (secondary N) is 2. The van der Waals surface area contributed by atoms with Gasteiger partial charge in [-0.3, -0.25) is 15.6 Å². The lowest BCUT2D eigenvalue weighted by atomic mass is 10.1. The number of hydrogen-bond donors (Lipinski definition) is 2. The Morgan fingerprint density at radius 3 is 2.62 bits per heavy atom. The van der Waals surface area contributed by atoms with Gasteiger partial charge in [0.05, 0.1) is 11.4 Å². The fourth-order valence-electron chi connectivity index (χ4n) is 2.14. The van der Waals surface area contributed by atoms with Gasteiger partial charge in [0.2, 0.25) is 5.91 Å². The van der Waals surface area contributed by atoms with Crippen LogP contribution in [0.25, 0.3) is 16.8 Å². The summed E-state index contributed by atoms with van der Waals surface area (Å²) in [6.07, 6.45) is 1.91. The lowest BCUT2D eigenvalue weighted by Crippen LogP contribution is -2.37. The Balaban J connectivity index is 1.52. The number of nitrogens with zero attached hydrogens (tertiary/aromatic N) is 1. The topological polar surface area (TPSA) is 67.2 Å². The molecule has 0 radical (unpaired) electrons. The largest absolute Gasteiger partial charge is 0.431 e. The molecule has 24 heavy (non-hydrogen) atoms. The number of para-hydroxylation sites is 2. The third-order valence-electron chi connectivity index (χ3n) is 3.31. The zero-order chi connectivity index (χ0) is 16.8. The molecule has 2 N–H and O–H groups in total. The predicted octanol–water partition coefficient (Wildman–Crippen LogP) is 3.60. The number of carbonyl (C=O) groups excluding carboxylic acids is 1. The Morgan fingerprint density at radius 2 is 1.88 bits per heavy atom. The molecule has 6 heteroatoms. The van der Waals surface area contributed by atoms with Gasteiger partial charge in [0, 0.05) is 0 Å². The number of thioether (sulfide) groups is 1. The van der Waals surface area contributed by atoms with E-state index in [0.29, 0.717) is 5.22 Å². The summed E-state index contributed by atoms with van der Waals surface area (Å²) < 4.78 is 5.57. The molecule has 0 saturated heterocycles. The Kier molecular flexibility index (Phi) is 5.18. The van der Waals surface area contributed by atoms with Crippen molar-refractivity contribution in [3.63, 3.8) is 0 Å². The maximum Gasteiger partial charge on any atom is 0.257 e. The minimum absolute atomic E-state index is 0.155. The first-order valence-electron chi connectivity index (χ1n) is 7.51. The highest BCUT2D eigenvalue weighted by Gasteiger charge is 2.09. The van der Waals surface area contributed by atoms with Crippen molar-refractivity contribution in [2.75, 3.05) is 5.75 Å². The first-order chi connectivity index (χ1) is 11.8. The van der Waals surface area contributed by atoms with E-state index in [1.54, 1.807) is 0 Å². The number of benzene rings is 2. The van der Waals surface area contributed by atoms with Crippen LogP contribution >= 0.6 is 11.8 Å². The maximum absolute atomic E-state index is 12.0. The smallest absolute Gasteiger partial charge is 0.257 e. The van der Waals surface area contributed by atoms with E-state index >= 15 is 0 Å². The highest BCUT2D eigenvalue weighted by Crippen LogP contribution is 2.22. The second-order valence-corrected chi connectivity index (χ2v) is 5.90. The van der Waals surface area contributed by atoms with E-state index in [0.717, 1.165) is 22.4 Å². The zero-order valence-corrected chi connectivity index (χ0v) is 14.0. The van der Waals surface area contributed by atoms with Crippen molar-refractivity contribution in [2.45, 2.75) is 12.1 Å². The molecule has 2 aromatic carbocycles. The van der Waals surface area contributed by atoms with Crippen molar-refractivity contribution in [1.29, 1.82) is 0 Å². The molecule has 0 aliphatic rings. The summed E-state index contributed by atoms with van der Waals surface area (Å²) in [4.78, 5) is 16.3. The van der Waals surface area contributed by atoms with Gasteiger partial charge in [0.15, 0.2) is 5.58 Å². The van der Waals surface area contributed by atoms with Gasteiger partial charge in [-0.25, -0.2) is 4.98 Å². The van der Waals surface area contributed by atoms with E-state index in [-0.39, 0.29) is 11.7 Å². The van der Waals surface area contributed by atoms with Crippen molar-refractivity contribution in [2.24, 2.45) is 0 Å². The number of fused-ring (bicyclic) bond motifs is 1. The van der Waals surface area contributed by atoms with Gasteiger partial charge < -0.3 is 4.42 Å². The van der Waals surface area contributed by atoms with E-state index in [1.807, 2.05) is 67.6 Å². The van der Waals surface area contributed by atoms with Gasteiger partial charge in [-0.2, -0.15) is 0 Å². The summed E-state index contributed by atoms with van der Waals surface area (Å²) in [6.45, 7) is 1.91. The normalized spacial score (nSPS) is 11.5. The van der Waals surface area contributed by atoms with Crippen LogP contribution in [0.2, 0.25) is 0 Å². The Hall–Kier alpha value is -2.73. The molecule has 0 unspecified atom stereocenters. The first-order valence-corrected chi connectivity index (χ1v) is 8.50. The third kappa shape index (κ3) is 3.97. The summed E-state index contributed by atoms with van der Waals surface area (Å²) in [7, 11) is 0. The molecule has 0 aliphatic heterocycles. The molecule has 0 bridgehead atoms. The van der Waals surface area contributed by atoms with Crippen LogP contribution < -0.4 is 10.9 Å². The number of amides is 1. The maximum atomic E-state index is 12.0. The van der Waals surface area contributed by atoms with Crippen LogP contribution in [0.1, 0.15) is 12.5 Å². The Morgan fingerprint density at radius 1 is 1.12 bits per heavy atom. The van der Waals surface area contributed by atoms with Gasteiger partial charge in [0.1, 0.15) is 5.52 Å². The van der Waals surface area contributed by atoms with E-state index in [9.17, 15) is 4.79 Å². The number of hydrazine groups is 1. The molecule has 1 heterocycles. The lowest BCUT2D eigenvalue weighted by molar-refractivity contribution is -0.119. The highest BCUT2D eigenvalue weighted by atomic mass is 32.2. The summed E-state index contributed by atoms with van der Waals surface area (Å²) in [5.74, 6) is 0.0588. The van der Waals surface area contributed by atoms with E-state index < -0.39 is 0 Å². The molecule has 5 nitrogen and oxygen atoms in total. The lowest BCUT2D eigenvalue weighted by Gasteiger charge is -2.11. The third-order valence-corrected chi connectivity index (χ3v) is 4.14. The number of oxazole rings is 1. The van der Waals surface area contributed by atoms with Gasteiger partial charge >= 0.3 is 0 Å². The van der Waals surface area contributed by atoms with Crippen molar-refractivity contribution in [3.05, 3.63) is 66.2 Å². The number of carbonyl (C=O) groups is 1. The second-order valence-electron chi connectivity index (χ2n) is 4.98. The minimum atomic E-state index is -0.155. The molecular weight excluding hydrogens is 322 g/mol. The summed E-state index contributed by atoms with van der Waals surface area (Å²) in [5.41, 5.74) is 9.00. The molecule has 3 rings (SSSR count). The molecule has 1 amide bonds. The van der Waals surface area contributed by atoms with E-state index in [1.165, 1.54) is 11.8 Å². The molecule has 0 atom stereocenters. The molecule has 122 valence electrons. The fraction of sp³-hybridized carbons (Fsp3) is 0.111. The van der Waals surface area contributed by atoms with Crippen molar-refractivity contribution >= 4 is 34.5 Å². The van der Waals surface area contributed by atoms with Gasteiger partial charge in [-0.1, -0.05) is 60.3 Å². The molecule has 0 fully saturated rings. The summed E-state index contributed by atoms with van der Waals surface area (Å²) in [6, 6.07) is 17.3. The predicted molar refractivity (Wildman–Crippen MR) is 96.1 cm³/mol. The first kappa shape index (κ1) is 16.1. The fourth-order valence-corrected chi connectivity index (χ4v) is 2.78. The van der Waals surface area contributed by atoms with Crippen LogP contribution in [0.15, 0.2) is 70.3 Å². The monoisotopic (exact) mass is 339 g/mol. The molecule has 0 aliphatic carbocycles. The highest BCUT2D eigenvalue weighted by molar-refractivity contribution is 7.99. The van der Waals surface area contributed by atoms with Crippen molar-refractivity contribution < 1.29 is 9.21 Å². The zero-order valence-electron chi connectivity index (χ0n) is 13.2. The summed E-state index contributed by atoms with van der Waals surface area (Å²) in [5, 5.41) is 0.487. The van der Waals surface area contributed by atoms with Crippen LogP contribution in [0, 0.1) is 0 Å². The molecular formula is C18H17N3O2S. The number of allylic oxidation sites excluding steroid dienone is 1. The van der Waals surface area contributed by atoms with Gasteiger partial charge in [-0.15, -0.1) is 0 Å². The van der Waals surface area contributed by atoms with Gasteiger partial charge in [-0.05, 0) is 24.6 Å². The average Bonchev–Trinajstić information content (AvgIpc) is 3.04. The van der Waals surface area contributed by atoms with Crippen LogP contribution in [-0.4, -0.2) is 16.6 Å². The average molecular weight is 339 g/mol. The SMILES string of the molecule is CC=C(NNC(=O)CSc1nc2ccccc2o1)c1ccccc1. The van der Waals surface area contributed by atoms with Crippen molar-refractivity contribution in [1.82, 2.24) is 15.8 Å².